The Hall–Kier alpha value is -5.56. The van der Waals surface area contributed by atoms with Gasteiger partial charge in [-0.05, 0) is 128 Å². The van der Waals surface area contributed by atoms with Gasteiger partial charge >= 0.3 is 5.97 Å². The van der Waals surface area contributed by atoms with Crippen LogP contribution in [0.1, 0.15) is 73.7 Å². The van der Waals surface area contributed by atoms with Crippen molar-refractivity contribution in [3.05, 3.63) is 94.4 Å². The van der Waals surface area contributed by atoms with Crippen LogP contribution in [0.5, 0.6) is 0 Å². The predicted octanol–water partition coefficient (Wildman–Crippen LogP) is 9.12. The molecule has 0 unspecified atom stereocenters. The van der Waals surface area contributed by atoms with Crippen LogP contribution in [0.25, 0.3) is 44.7 Å². The molecular formula is C48H56N8O5Si. The van der Waals surface area contributed by atoms with Gasteiger partial charge in [-0.3, -0.25) is 19.6 Å². The summed E-state index contributed by atoms with van der Waals surface area (Å²) in [7, 11) is -2.10. The number of carboxylic acid groups (broad SMARTS) is 1. The molecule has 1 atom stereocenters. The molecule has 6 aromatic rings. The maximum Gasteiger partial charge on any atom is 0.306 e. The molecule has 3 N–H and O–H groups in total. The van der Waals surface area contributed by atoms with Crippen LogP contribution in [0.4, 0.5) is 11.5 Å². The summed E-state index contributed by atoms with van der Waals surface area (Å²) in [4.78, 5) is 35.8. The summed E-state index contributed by atoms with van der Waals surface area (Å²) in [5.74, 6) is 0.586. The Balaban J connectivity index is 1.09. The van der Waals surface area contributed by atoms with Crippen molar-refractivity contribution in [3.63, 3.8) is 0 Å². The zero-order valence-electron chi connectivity index (χ0n) is 36.7. The van der Waals surface area contributed by atoms with Gasteiger partial charge in [-0.2, -0.15) is 5.26 Å². The standard InChI is InChI=1S/C48H56N8O5Si/c1-29-36(10-8-12-38(29)46-53-41-21-31(20-34(23-49)44(41)61-46)25-55-17-14-33(15-18-55)47(58)59)37-11-9-13-39(30(37)2)52-45-43-40(22-32(24-50-43)26-56-19-16-35(57)27-56)51-42(54-45)28-60-62(6,7)48(3,4)5/h8-13,20-22,24,33,35,57H,14-19,25-28H2,1-7H3,(H,58,59)(H,51,52,54)/t35-/m1/s1. The number of benzene rings is 3. The fourth-order valence-corrected chi connectivity index (χ4v) is 9.27. The maximum absolute atomic E-state index is 11.5. The van der Waals surface area contributed by atoms with Gasteiger partial charge in [0.1, 0.15) is 17.1 Å². The van der Waals surface area contributed by atoms with Crippen LogP contribution in [0.15, 0.2) is 65.2 Å². The van der Waals surface area contributed by atoms with E-state index >= 15 is 0 Å². The Bertz CT molecular complexity index is 2700. The highest BCUT2D eigenvalue weighted by Crippen LogP contribution is 2.39. The van der Waals surface area contributed by atoms with Crippen molar-refractivity contribution >= 4 is 47.9 Å². The molecule has 0 radical (unpaired) electrons. The Labute approximate surface area is 363 Å². The van der Waals surface area contributed by atoms with E-state index in [0.29, 0.717) is 85.3 Å². The second kappa shape index (κ2) is 17.3. The second-order valence-corrected chi connectivity index (χ2v) is 23.3. The summed E-state index contributed by atoms with van der Waals surface area (Å²) in [6.45, 7) is 19.7. The van der Waals surface area contributed by atoms with Crippen molar-refractivity contribution in [1.82, 2.24) is 29.7 Å². The van der Waals surface area contributed by atoms with E-state index in [9.17, 15) is 20.3 Å². The number of hydrogen-bond acceptors (Lipinski definition) is 12. The van der Waals surface area contributed by atoms with E-state index in [1.165, 1.54) is 0 Å². The summed E-state index contributed by atoms with van der Waals surface area (Å²) < 4.78 is 13.0. The van der Waals surface area contributed by atoms with Crippen molar-refractivity contribution in [3.8, 4) is 28.7 Å². The molecule has 3 aromatic heterocycles. The Morgan fingerprint density at radius 2 is 1.60 bits per heavy atom. The van der Waals surface area contributed by atoms with Crippen LogP contribution >= 0.6 is 0 Å². The largest absolute Gasteiger partial charge is 0.481 e. The Kier molecular flexibility index (Phi) is 12.0. The number of rotatable bonds is 12. The third-order valence-electron chi connectivity index (χ3n) is 13.1. The van der Waals surface area contributed by atoms with Gasteiger partial charge in [-0.1, -0.05) is 45.0 Å². The third kappa shape index (κ3) is 9.00. The van der Waals surface area contributed by atoms with Crippen LogP contribution < -0.4 is 5.32 Å². The van der Waals surface area contributed by atoms with Crippen molar-refractivity contribution in [2.24, 2.45) is 5.92 Å². The van der Waals surface area contributed by atoms with Crippen LogP contribution in [-0.2, 0) is 28.9 Å². The molecule has 5 heterocycles. The number of aliphatic carboxylic acids is 1. The molecule has 3 aromatic carbocycles. The van der Waals surface area contributed by atoms with E-state index < -0.39 is 14.3 Å². The first-order chi connectivity index (χ1) is 29.6. The van der Waals surface area contributed by atoms with Crippen molar-refractivity contribution < 1.29 is 23.9 Å². The normalized spacial score (nSPS) is 16.9. The molecule has 322 valence electrons. The molecule has 0 amide bonds. The summed E-state index contributed by atoms with van der Waals surface area (Å²) in [5, 5.41) is 33.4. The average molecular weight is 853 g/mol. The minimum Gasteiger partial charge on any atom is -0.481 e. The lowest BCUT2D eigenvalue weighted by molar-refractivity contribution is -0.143. The molecule has 2 fully saturated rings. The first kappa shape index (κ1) is 43.1. The number of likely N-dealkylation sites (tertiary alicyclic amines) is 2. The SMILES string of the molecule is Cc1c(Nc2nc(CO[Si](C)(C)C(C)(C)C)nc3cc(CN4CC[C@@H](O)C4)cnc23)cccc1-c1cccc(-c2nc3cc(CN4CCC(C(=O)O)CC4)cc(C#N)c3o2)c1C. The van der Waals surface area contributed by atoms with Crippen molar-refractivity contribution in [1.29, 1.82) is 5.26 Å². The topological polar surface area (TPSA) is 174 Å². The second-order valence-electron chi connectivity index (χ2n) is 18.5. The van der Waals surface area contributed by atoms with E-state index in [2.05, 4.69) is 87.1 Å². The Morgan fingerprint density at radius 1 is 0.919 bits per heavy atom. The first-order valence-corrected chi connectivity index (χ1v) is 24.4. The number of aromatic nitrogens is 4. The fourth-order valence-electron chi connectivity index (χ4n) is 8.35. The molecule has 14 heteroatoms. The van der Waals surface area contributed by atoms with Gasteiger partial charge in [-0.25, -0.2) is 15.0 Å². The highest BCUT2D eigenvalue weighted by atomic mass is 28.4. The molecule has 2 aliphatic rings. The number of nitriles is 1. The molecule has 0 aliphatic carbocycles. The number of β-amino-alcohol motifs (C(OH)–C–C–N with tert-alkyl or cyclic N) is 1. The predicted molar refractivity (Wildman–Crippen MR) is 243 cm³/mol. The summed E-state index contributed by atoms with van der Waals surface area (Å²) >= 11 is 0. The van der Waals surface area contributed by atoms with Gasteiger partial charge in [0.25, 0.3) is 0 Å². The van der Waals surface area contributed by atoms with Crippen LogP contribution in [0.3, 0.4) is 0 Å². The summed E-state index contributed by atoms with van der Waals surface area (Å²) in [6.07, 6.45) is 3.58. The molecule has 13 nitrogen and oxygen atoms in total. The molecule has 0 saturated carbocycles. The Morgan fingerprint density at radius 3 is 2.29 bits per heavy atom. The maximum atomic E-state index is 11.5. The quantitative estimate of drug-likeness (QED) is 0.0996. The fraction of sp³-hybridized carbons (Fsp3) is 0.417. The molecule has 2 aliphatic heterocycles. The summed E-state index contributed by atoms with van der Waals surface area (Å²) in [6, 6.07) is 20.5. The molecule has 62 heavy (non-hydrogen) atoms. The zero-order chi connectivity index (χ0) is 43.9. The van der Waals surface area contributed by atoms with E-state index in [0.717, 1.165) is 63.1 Å². The van der Waals surface area contributed by atoms with E-state index in [1.807, 2.05) is 42.6 Å². The van der Waals surface area contributed by atoms with Gasteiger partial charge in [0.15, 0.2) is 25.5 Å². The number of nitrogens with zero attached hydrogens (tertiary/aromatic N) is 7. The molecule has 8 rings (SSSR count). The molecule has 2 saturated heterocycles. The minimum absolute atomic E-state index is 0.0289. The van der Waals surface area contributed by atoms with Gasteiger partial charge < -0.3 is 24.4 Å². The number of aliphatic hydroxyl groups is 1. The van der Waals surface area contributed by atoms with Crippen LogP contribution in [-0.4, -0.2) is 86.5 Å². The van der Waals surface area contributed by atoms with Gasteiger partial charge in [0.05, 0.1) is 29.7 Å². The number of carbonyl (C=O) groups is 1. The lowest BCUT2D eigenvalue weighted by Crippen LogP contribution is -2.40. The number of hydrogen-bond donors (Lipinski definition) is 3. The number of nitrogens with one attached hydrogen (secondary N) is 1. The van der Waals surface area contributed by atoms with Crippen LogP contribution in [0.2, 0.25) is 18.1 Å². The number of pyridine rings is 1. The number of piperidine rings is 1. The van der Waals surface area contributed by atoms with Gasteiger partial charge in [-0.15, -0.1) is 0 Å². The lowest BCUT2D eigenvalue weighted by atomic mass is 9.93. The molecule has 0 bridgehead atoms. The number of fused-ring (bicyclic) bond motifs is 2. The third-order valence-corrected chi connectivity index (χ3v) is 17.6. The number of anilines is 2. The highest BCUT2D eigenvalue weighted by Gasteiger charge is 2.37. The van der Waals surface area contributed by atoms with Crippen LogP contribution in [0, 0.1) is 31.1 Å². The first-order valence-electron chi connectivity index (χ1n) is 21.5. The van der Waals surface area contributed by atoms with E-state index in [1.54, 1.807) is 0 Å². The van der Waals surface area contributed by atoms with Crippen molar-refractivity contribution in [2.75, 3.05) is 31.5 Å². The number of carboxylic acids is 1. The van der Waals surface area contributed by atoms with E-state index in [4.69, 9.17) is 28.8 Å². The molecule has 0 spiro atoms. The highest BCUT2D eigenvalue weighted by molar-refractivity contribution is 6.74. The average Bonchev–Trinajstić information content (AvgIpc) is 3.86. The van der Waals surface area contributed by atoms with Gasteiger partial charge in [0.2, 0.25) is 5.89 Å². The molecular weight excluding hydrogens is 797 g/mol. The number of oxazole rings is 1. The summed E-state index contributed by atoms with van der Waals surface area (Å²) in [5.41, 5.74) is 10.6. The smallest absolute Gasteiger partial charge is 0.306 e. The van der Waals surface area contributed by atoms with Gasteiger partial charge in [0, 0.05) is 43.6 Å². The number of aliphatic hydroxyl groups excluding tert-OH is 1. The monoisotopic (exact) mass is 852 g/mol. The zero-order valence-corrected chi connectivity index (χ0v) is 37.7. The lowest BCUT2D eigenvalue weighted by Gasteiger charge is -2.35. The van der Waals surface area contributed by atoms with E-state index in [-0.39, 0.29) is 23.7 Å². The minimum atomic E-state index is -2.10. The van der Waals surface area contributed by atoms with Crippen molar-refractivity contribution in [2.45, 2.75) is 97.8 Å².